The Balaban J connectivity index is 1.86. The van der Waals surface area contributed by atoms with Crippen molar-refractivity contribution in [2.75, 3.05) is 51.8 Å². The lowest BCUT2D eigenvalue weighted by atomic mass is 10.2. The molecule has 116 valence electrons. The first-order valence-electron chi connectivity index (χ1n) is 7.09. The first-order valence-corrected chi connectivity index (χ1v) is 7.09. The van der Waals surface area contributed by atoms with Gasteiger partial charge in [-0.05, 0) is 12.1 Å². The fraction of sp³-hybridized carbons (Fsp3) is 0.533. The summed E-state index contributed by atoms with van der Waals surface area (Å²) in [5, 5.41) is 0. The van der Waals surface area contributed by atoms with Crippen molar-refractivity contribution in [2.24, 2.45) is 5.73 Å². The van der Waals surface area contributed by atoms with E-state index < -0.39 is 6.04 Å². The molecular weight excluding hydrogens is 270 g/mol. The maximum absolute atomic E-state index is 11.3. The zero-order chi connectivity index (χ0) is 15.2. The smallest absolute Gasteiger partial charge is 0.323 e. The third-order valence-electron chi connectivity index (χ3n) is 3.75. The third-order valence-corrected chi connectivity index (χ3v) is 3.75. The van der Waals surface area contributed by atoms with Gasteiger partial charge in [-0.3, -0.25) is 9.69 Å². The highest BCUT2D eigenvalue weighted by atomic mass is 16.5. The Bertz CT molecular complexity index is 473. The van der Waals surface area contributed by atoms with E-state index in [1.54, 1.807) is 7.11 Å². The summed E-state index contributed by atoms with van der Waals surface area (Å²) in [5.41, 5.74) is 6.95. The number of ether oxygens (including phenoxy) is 2. The number of hydrogen-bond acceptors (Lipinski definition) is 6. The predicted octanol–water partition coefficient (Wildman–Crippen LogP) is 0.318. The van der Waals surface area contributed by atoms with Gasteiger partial charge >= 0.3 is 5.97 Å². The minimum absolute atomic E-state index is 0.356. The molecule has 6 heteroatoms. The lowest BCUT2D eigenvalue weighted by Gasteiger charge is -2.36. The van der Waals surface area contributed by atoms with Gasteiger partial charge in [0.15, 0.2) is 0 Å². The SMILES string of the molecule is COC(=O)C(N)CN1CCN(c2cccc(OC)c2)CC1. The molecule has 0 aromatic heterocycles. The number of methoxy groups -OCH3 is 2. The highest BCUT2D eigenvalue weighted by Gasteiger charge is 2.22. The van der Waals surface area contributed by atoms with E-state index in [9.17, 15) is 4.79 Å². The monoisotopic (exact) mass is 293 g/mol. The topological polar surface area (TPSA) is 68.0 Å². The molecule has 0 bridgehead atoms. The number of carbonyl (C=O) groups excluding carboxylic acids is 1. The molecule has 1 aromatic rings. The van der Waals surface area contributed by atoms with Gasteiger partial charge in [0.25, 0.3) is 0 Å². The summed E-state index contributed by atoms with van der Waals surface area (Å²) in [6.07, 6.45) is 0. The Morgan fingerprint density at radius 3 is 2.62 bits per heavy atom. The number of carbonyl (C=O) groups is 1. The average Bonchev–Trinajstić information content (AvgIpc) is 2.54. The summed E-state index contributed by atoms with van der Waals surface area (Å²) in [4.78, 5) is 15.8. The predicted molar refractivity (Wildman–Crippen MR) is 81.6 cm³/mol. The van der Waals surface area contributed by atoms with Crippen molar-refractivity contribution in [1.29, 1.82) is 0 Å². The van der Waals surface area contributed by atoms with Gasteiger partial charge in [0.1, 0.15) is 11.8 Å². The molecule has 1 atom stereocenters. The van der Waals surface area contributed by atoms with Crippen molar-refractivity contribution in [3.05, 3.63) is 24.3 Å². The zero-order valence-electron chi connectivity index (χ0n) is 12.6. The van der Waals surface area contributed by atoms with Gasteiger partial charge in [-0.25, -0.2) is 0 Å². The van der Waals surface area contributed by atoms with Crippen molar-refractivity contribution in [3.63, 3.8) is 0 Å². The second-order valence-electron chi connectivity index (χ2n) is 5.12. The molecule has 1 aromatic carbocycles. The van der Waals surface area contributed by atoms with Crippen molar-refractivity contribution in [2.45, 2.75) is 6.04 Å². The summed E-state index contributed by atoms with van der Waals surface area (Å²) in [5.74, 6) is 0.507. The number of nitrogens with zero attached hydrogens (tertiary/aromatic N) is 2. The van der Waals surface area contributed by atoms with E-state index in [1.807, 2.05) is 18.2 Å². The first-order chi connectivity index (χ1) is 10.1. The van der Waals surface area contributed by atoms with Gasteiger partial charge in [0.05, 0.1) is 14.2 Å². The Hall–Kier alpha value is -1.79. The largest absolute Gasteiger partial charge is 0.497 e. The van der Waals surface area contributed by atoms with Crippen LogP contribution in [-0.2, 0) is 9.53 Å². The number of rotatable bonds is 5. The second kappa shape index (κ2) is 7.28. The Labute approximate surface area is 125 Å². The van der Waals surface area contributed by atoms with Gasteiger partial charge in [-0.15, -0.1) is 0 Å². The van der Waals surface area contributed by atoms with Crippen molar-refractivity contribution >= 4 is 11.7 Å². The van der Waals surface area contributed by atoms with Crippen molar-refractivity contribution in [1.82, 2.24) is 4.90 Å². The summed E-state index contributed by atoms with van der Waals surface area (Å²) >= 11 is 0. The van der Waals surface area contributed by atoms with Gasteiger partial charge in [-0.2, -0.15) is 0 Å². The summed E-state index contributed by atoms with van der Waals surface area (Å²) in [6, 6.07) is 7.48. The van der Waals surface area contributed by atoms with Gasteiger partial charge in [-0.1, -0.05) is 6.07 Å². The molecule has 1 aliphatic heterocycles. The van der Waals surface area contributed by atoms with Crippen LogP contribution in [0, 0.1) is 0 Å². The second-order valence-corrected chi connectivity index (χ2v) is 5.12. The van der Waals surface area contributed by atoms with E-state index in [4.69, 9.17) is 10.5 Å². The first kappa shape index (κ1) is 15.6. The number of esters is 1. The molecule has 0 radical (unpaired) electrons. The molecule has 1 fully saturated rings. The van der Waals surface area contributed by atoms with Crippen LogP contribution >= 0.6 is 0 Å². The molecule has 1 saturated heterocycles. The van der Waals surface area contributed by atoms with Crippen LogP contribution in [0.1, 0.15) is 0 Å². The van der Waals surface area contributed by atoms with Crippen LogP contribution in [-0.4, -0.2) is 63.9 Å². The van der Waals surface area contributed by atoms with Crippen LogP contribution in [0.3, 0.4) is 0 Å². The standard InChI is InChI=1S/C15H23N3O3/c1-20-13-5-3-4-12(10-13)18-8-6-17(7-9-18)11-14(16)15(19)21-2/h3-5,10,14H,6-9,11,16H2,1-2H3. The summed E-state index contributed by atoms with van der Waals surface area (Å²) in [7, 11) is 3.04. The number of benzene rings is 1. The maximum atomic E-state index is 11.3. The third kappa shape index (κ3) is 4.09. The van der Waals surface area contributed by atoms with Crippen LogP contribution in [0.4, 0.5) is 5.69 Å². The van der Waals surface area contributed by atoms with E-state index in [0.717, 1.165) is 37.6 Å². The fourth-order valence-electron chi connectivity index (χ4n) is 2.50. The number of piperazine rings is 1. The Morgan fingerprint density at radius 2 is 2.00 bits per heavy atom. The molecule has 1 aliphatic rings. The van der Waals surface area contributed by atoms with E-state index in [1.165, 1.54) is 7.11 Å². The minimum Gasteiger partial charge on any atom is -0.497 e. The molecule has 2 N–H and O–H groups in total. The highest BCUT2D eigenvalue weighted by molar-refractivity contribution is 5.75. The van der Waals surface area contributed by atoms with E-state index in [-0.39, 0.29) is 5.97 Å². The molecule has 0 amide bonds. The molecule has 0 aliphatic carbocycles. The van der Waals surface area contributed by atoms with Crippen LogP contribution in [0.25, 0.3) is 0 Å². The minimum atomic E-state index is -0.571. The van der Waals surface area contributed by atoms with Gasteiger partial charge in [0, 0.05) is 44.5 Å². The quantitative estimate of drug-likeness (QED) is 0.789. The van der Waals surface area contributed by atoms with Crippen LogP contribution < -0.4 is 15.4 Å². The number of hydrogen-bond donors (Lipinski definition) is 1. The molecular formula is C15H23N3O3. The van der Waals surface area contributed by atoms with Crippen LogP contribution in [0.15, 0.2) is 24.3 Å². The van der Waals surface area contributed by atoms with Gasteiger partial charge < -0.3 is 20.1 Å². The van der Waals surface area contributed by atoms with Crippen LogP contribution in [0.5, 0.6) is 5.75 Å². The lowest BCUT2D eigenvalue weighted by molar-refractivity contribution is -0.142. The molecule has 6 nitrogen and oxygen atoms in total. The van der Waals surface area contributed by atoms with Gasteiger partial charge in [0.2, 0.25) is 0 Å². The van der Waals surface area contributed by atoms with E-state index in [2.05, 4.69) is 20.6 Å². The average molecular weight is 293 g/mol. The summed E-state index contributed by atoms with van der Waals surface area (Å²) in [6.45, 7) is 4.10. The summed E-state index contributed by atoms with van der Waals surface area (Å²) < 4.78 is 9.91. The van der Waals surface area contributed by atoms with Crippen molar-refractivity contribution < 1.29 is 14.3 Å². The molecule has 1 heterocycles. The lowest BCUT2D eigenvalue weighted by Crippen LogP contribution is -2.51. The normalized spacial score (nSPS) is 17.4. The Morgan fingerprint density at radius 1 is 1.29 bits per heavy atom. The molecule has 0 spiro atoms. The van der Waals surface area contributed by atoms with Crippen molar-refractivity contribution in [3.8, 4) is 5.75 Å². The van der Waals surface area contributed by atoms with Crippen LogP contribution in [0.2, 0.25) is 0 Å². The fourth-order valence-corrected chi connectivity index (χ4v) is 2.50. The number of nitrogens with two attached hydrogens (primary N) is 1. The number of anilines is 1. The van der Waals surface area contributed by atoms with E-state index >= 15 is 0 Å². The van der Waals surface area contributed by atoms with E-state index in [0.29, 0.717) is 6.54 Å². The Kier molecular flexibility index (Phi) is 5.41. The molecule has 2 rings (SSSR count). The molecule has 1 unspecified atom stereocenters. The zero-order valence-corrected chi connectivity index (χ0v) is 12.6. The molecule has 0 saturated carbocycles. The maximum Gasteiger partial charge on any atom is 0.323 e. The highest BCUT2D eigenvalue weighted by Crippen LogP contribution is 2.22. The molecule has 21 heavy (non-hydrogen) atoms.